The van der Waals surface area contributed by atoms with E-state index < -0.39 is 33.2 Å². The van der Waals surface area contributed by atoms with Crippen molar-refractivity contribution in [2.24, 2.45) is 5.14 Å². The predicted octanol–water partition coefficient (Wildman–Crippen LogP) is 0.136. The Bertz CT molecular complexity index is 1260. The highest BCUT2D eigenvalue weighted by Crippen LogP contribution is 2.28. The van der Waals surface area contributed by atoms with Crippen LogP contribution in [0.25, 0.3) is 21.8 Å². The van der Waals surface area contributed by atoms with Crippen molar-refractivity contribution in [2.75, 3.05) is 0 Å². The van der Waals surface area contributed by atoms with E-state index in [2.05, 4.69) is 4.98 Å². The molecule has 0 saturated heterocycles. The molecule has 3 rings (SSSR count). The highest BCUT2D eigenvalue weighted by molar-refractivity contribution is 7.89. The van der Waals surface area contributed by atoms with Crippen molar-refractivity contribution >= 4 is 37.8 Å². The number of hydrogen-bond donors (Lipinski definition) is 3. The number of nitrogens with one attached hydrogen (secondary N) is 1. The minimum Gasteiger partial charge on any atom is -0.480 e. The number of H-pyrrole nitrogens is 1. The normalized spacial score (nSPS) is 13.2. The Morgan fingerprint density at radius 3 is 2.48 bits per heavy atom. The average Bonchev–Trinajstić information content (AvgIpc) is 2.53. The van der Waals surface area contributed by atoms with Gasteiger partial charge in [-0.25, -0.2) is 18.4 Å². The lowest BCUT2D eigenvalue weighted by Gasteiger charge is -2.16. The van der Waals surface area contributed by atoms with Crippen LogP contribution in [0.2, 0.25) is 0 Å². The van der Waals surface area contributed by atoms with Crippen molar-refractivity contribution in [1.82, 2.24) is 9.55 Å². The molecule has 0 spiro atoms. The summed E-state index contributed by atoms with van der Waals surface area (Å²) in [5.41, 5.74) is -1.70. The molecule has 1 heterocycles. The molecule has 0 aliphatic rings. The lowest BCUT2D eigenvalue weighted by molar-refractivity contribution is -0.140. The third-order valence-corrected chi connectivity index (χ3v) is 4.92. The molecule has 0 aliphatic carbocycles. The number of carboxylic acid groups (broad SMARTS) is 1. The maximum atomic E-state index is 12.3. The molecule has 1 atom stereocenters. The summed E-state index contributed by atoms with van der Waals surface area (Å²) in [5.74, 6) is -1.31. The van der Waals surface area contributed by atoms with Gasteiger partial charge in [0.05, 0.1) is 15.9 Å². The fraction of sp³-hybridized carbons (Fsp3) is 0.133. The standard InChI is InChI=1S/C15H13N3O6S/c1-7(15(21)22)18-12-9-3-2-4-11(25(16,23)24)8(9)5-6-10(12)17-13(19)14(18)20/h2-7H,1H3,(H,17,19)(H,21,22)(H2,16,23,24). The molecule has 10 heteroatoms. The zero-order chi connectivity index (χ0) is 18.5. The maximum Gasteiger partial charge on any atom is 0.326 e. The zero-order valence-corrected chi connectivity index (χ0v) is 13.7. The number of sulfonamides is 1. The molecule has 0 saturated carbocycles. The van der Waals surface area contributed by atoms with Crippen LogP contribution in [-0.4, -0.2) is 29.0 Å². The summed E-state index contributed by atoms with van der Waals surface area (Å²) in [6, 6.07) is 5.76. The number of aromatic amines is 1. The summed E-state index contributed by atoms with van der Waals surface area (Å²) in [7, 11) is -4.04. The smallest absolute Gasteiger partial charge is 0.326 e. The molecule has 130 valence electrons. The number of nitrogens with two attached hydrogens (primary N) is 1. The second-order valence-electron chi connectivity index (χ2n) is 5.50. The first-order valence-corrected chi connectivity index (χ1v) is 8.63. The topological polar surface area (TPSA) is 152 Å². The van der Waals surface area contributed by atoms with Gasteiger partial charge in [-0.1, -0.05) is 18.2 Å². The lowest BCUT2D eigenvalue weighted by atomic mass is 10.1. The van der Waals surface area contributed by atoms with E-state index in [4.69, 9.17) is 5.14 Å². The Kier molecular flexibility index (Phi) is 3.73. The van der Waals surface area contributed by atoms with Crippen LogP contribution in [0.15, 0.2) is 44.8 Å². The van der Waals surface area contributed by atoms with Crippen LogP contribution in [0.5, 0.6) is 0 Å². The Morgan fingerprint density at radius 1 is 1.20 bits per heavy atom. The van der Waals surface area contributed by atoms with Crippen LogP contribution in [0.4, 0.5) is 0 Å². The monoisotopic (exact) mass is 363 g/mol. The summed E-state index contributed by atoms with van der Waals surface area (Å²) in [6.45, 7) is 1.25. The number of fused-ring (bicyclic) bond motifs is 3. The van der Waals surface area contributed by atoms with E-state index in [1.165, 1.54) is 37.3 Å². The maximum absolute atomic E-state index is 12.3. The Hall–Kier alpha value is -2.98. The molecular weight excluding hydrogens is 350 g/mol. The molecule has 3 aromatic rings. The minimum atomic E-state index is -4.04. The van der Waals surface area contributed by atoms with Gasteiger partial charge in [-0.05, 0) is 19.1 Å². The van der Waals surface area contributed by atoms with Crippen LogP contribution in [0.3, 0.4) is 0 Å². The fourth-order valence-corrected chi connectivity index (χ4v) is 3.54. The SMILES string of the molecule is CC(C(=O)O)n1c(=O)c(=O)[nH]c2ccc3c(S(N)(=O)=O)cccc3c21. The third kappa shape index (κ3) is 2.61. The highest BCUT2D eigenvalue weighted by atomic mass is 32.2. The summed E-state index contributed by atoms with van der Waals surface area (Å²) < 4.78 is 24.4. The van der Waals surface area contributed by atoms with Gasteiger partial charge in [-0.15, -0.1) is 0 Å². The fourth-order valence-electron chi connectivity index (χ4n) is 2.79. The number of carboxylic acids is 1. The Morgan fingerprint density at radius 2 is 1.88 bits per heavy atom. The van der Waals surface area contributed by atoms with E-state index in [1.54, 1.807) is 0 Å². The summed E-state index contributed by atoms with van der Waals surface area (Å²) >= 11 is 0. The molecule has 25 heavy (non-hydrogen) atoms. The van der Waals surface area contributed by atoms with Crippen molar-refractivity contribution < 1.29 is 18.3 Å². The van der Waals surface area contributed by atoms with Crippen molar-refractivity contribution in [3.63, 3.8) is 0 Å². The van der Waals surface area contributed by atoms with Crippen LogP contribution in [-0.2, 0) is 14.8 Å². The molecule has 0 radical (unpaired) electrons. The summed E-state index contributed by atoms with van der Waals surface area (Å²) in [4.78, 5) is 37.7. The predicted molar refractivity (Wildman–Crippen MR) is 90.1 cm³/mol. The van der Waals surface area contributed by atoms with Gasteiger partial charge in [0.15, 0.2) is 0 Å². The number of aliphatic carboxylic acids is 1. The number of aromatic nitrogens is 2. The van der Waals surface area contributed by atoms with E-state index in [1.807, 2.05) is 0 Å². The van der Waals surface area contributed by atoms with Gasteiger partial charge in [-0.3, -0.25) is 14.2 Å². The van der Waals surface area contributed by atoms with E-state index >= 15 is 0 Å². The number of primary sulfonamides is 1. The Balaban J connectivity index is 2.65. The van der Waals surface area contributed by atoms with Crippen molar-refractivity contribution in [1.29, 1.82) is 0 Å². The number of carbonyl (C=O) groups is 1. The molecule has 0 aliphatic heterocycles. The van der Waals surface area contributed by atoms with E-state index in [9.17, 15) is 27.9 Å². The number of hydrogen-bond acceptors (Lipinski definition) is 5. The van der Waals surface area contributed by atoms with Crippen molar-refractivity contribution in [2.45, 2.75) is 17.9 Å². The largest absolute Gasteiger partial charge is 0.480 e. The number of benzene rings is 2. The van der Waals surface area contributed by atoms with E-state index in [0.29, 0.717) is 0 Å². The molecule has 4 N–H and O–H groups in total. The first kappa shape index (κ1) is 16.9. The van der Waals surface area contributed by atoms with Gasteiger partial charge in [0.25, 0.3) is 0 Å². The Labute approximate surface area is 140 Å². The molecule has 0 fully saturated rings. The second kappa shape index (κ2) is 5.53. The lowest BCUT2D eigenvalue weighted by Crippen LogP contribution is -2.39. The summed E-state index contributed by atoms with van der Waals surface area (Å²) in [5, 5.41) is 15.0. The minimum absolute atomic E-state index is 0.113. The van der Waals surface area contributed by atoms with Gasteiger partial charge < -0.3 is 10.1 Å². The van der Waals surface area contributed by atoms with Gasteiger partial charge in [0, 0.05) is 10.8 Å². The first-order valence-electron chi connectivity index (χ1n) is 7.09. The van der Waals surface area contributed by atoms with Crippen molar-refractivity contribution in [3.8, 4) is 0 Å². The molecule has 1 aromatic heterocycles. The molecule has 0 amide bonds. The van der Waals surface area contributed by atoms with Gasteiger partial charge in [0.1, 0.15) is 6.04 Å². The molecule has 0 bridgehead atoms. The van der Waals surface area contributed by atoms with Gasteiger partial charge in [0.2, 0.25) is 10.0 Å². The molecule has 1 unspecified atom stereocenters. The van der Waals surface area contributed by atoms with Crippen LogP contribution >= 0.6 is 0 Å². The number of rotatable bonds is 3. The van der Waals surface area contributed by atoms with Crippen LogP contribution < -0.4 is 16.3 Å². The quantitative estimate of drug-likeness (QED) is 0.444. The van der Waals surface area contributed by atoms with Gasteiger partial charge in [-0.2, -0.15) is 0 Å². The van der Waals surface area contributed by atoms with E-state index in [0.717, 1.165) is 4.57 Å². The van der Waals surface area contributed by atoms with E-state index in [-0.39, 0.29) is 26.7 Å². The highest BCUT2D eigenvalue weighted by Gasteiger charge is 2.22. The van der Waals surface area contributed by atoms with Crippen LogP contribution in [0.1, 0.15) is 13.0 Å². The summed E-state index contributed by atoms with van der Waals surface area (Å²) in [6.07, 6.45) is 0. The zero-order valence-electron chi connectivity index (χ0n) is 12.9. The number of nitrogens with zero attached hydrogens (tertiary/aromatic N) is 1. The van der Waals surface area contributed by atoms with Crippen molar-refractivity contribution in [3.05, 3.63) is 51.0 Å². The van der Waals surface area contributed by atoms with Crippen LogP contribution in [0, 0.1) is 0 Å². The molecule has 2 aromatic carbocycles. The third-order valence-electron chi connectivity index (χ3n) is 3.95. The second-order valence-corrected chi connectivity index (χ2v) is 7.03. The molecular formula is C15H13N3O6S. The molecule has 9 nitrogen and oxygen atoms in total. The first-order chi connectivity index (χ1) is 11.6. The average molecular weight is 363 g/mol. The van der Waals surface area contributed by atoms with Gasteiger partial charge >= 0.3 is 17.1 Å².